The molecule has 2 heterocycles. The molecule has 128 valence electrons. The van der Waals surface area contributed by atoms with E-state index in [0.717, 1.165) is 48.7 Å². The number of anilines is 1. The zero-order chi connectivity index (χ0) is 16.8. The van der Waals surface area contributed by atoms with E-state index in [1.165, 1.54) is 19.3 Å². The van der Waals surface area contributed by atoms with Crippen molar-refractivity contribution in [1.29, 1.82) is 0 Å². The summed E-state index contributed by atoms with van der Waals surface area (Å²) in [6.45, 7) is 5.57. The SMILES string of the molecule is CCCCCCCC(=O)N1CCc2nc(C)nc(N(C)C)c2C1. The lowest BCUT2D eigenvalue weighted by Crippen LogP contribution is -2.37. The zero-order valence-electron chi connectivity index (χ0n) is 15.1. The van der Waals surface area contributed by atoms with Gasteiger partial charge in [-0.05, 0) is 13.3 Å². The van der Waals surface area contributed by atoms with Crippen LogP contribution < -0.4 is 4.90 Å². The van der Waals surface area contributed by atoms with Crippen molar-refractivity contribution in [1.82, 2.24) is 14.9 Å². The fraction of sp³-hybridized carbons (Fsp3) is 0.722. The van der Waals surface area contributed by atoms with E-state index in [0.29, 0.717) is 13.0 Å². The molecule has 23 heavy (non-hydrogen) atoms. The van der Waals surface area contributed by atoms with E-state index in [9.17, 15) is 4.79 Å². The van der Waals surface area contributed by atoms with Crippen LogP contribution in [0.2, 0.25) is 0 Å². The van der Waals surface area contributed by atoms with Crippen LogP contribution in [0, 0.1) is 6.92 Å². The van der Waals surface area contributed by atoms with E-state index in [-0.39, 0.29) is 5.91 Å². The Hall–Kier alpha value is -1.65. The number of rotatable bonds is 7. The second-order valence-corrected chi connectivity index (χ2v) is 6.64. The van der Waals surface area contributed by atoms with Crippen molar-refractivity contribution < 1.29 is 4.79 Å². The van der Waals surface area contributed by atoms with E-state index in [2.05, 4.69) is 16.9 Å². The normalized spacial score (nSPS) is 13.8. The van der Waals surface area contributed by atoms with Crippen molar-refractivity contribution in [3.05, 3.63) is 17.1 Å². The maximum Gasteiger partial charge on any atom is 0.222 e. The third-order valence-electron chi connectivity index (χ3n) is 4.42. The lowest BCUT2D eigenvalue weighted by atomic mass is 10.0. The van der Waals surface area contributed by atoms with Gasteiger partial charge < -0.3 is 9.80 Å². The Morgan fingerprint density at radius 1 is 1.17 bits per heavy atom. The smallest absolute Gasteiger partial charge is 0.222 e. The number of nitrogens with zero attached hydrogens (tertiary/aromatic N) is 4. The molecule has 0 bridgehead atoms. The molecule has 5 nitrogen and oxygen atoms in total. The lowest BCUT2D eigenvalue weighted by Gasteiger charge is -2.31. The highest BCUT2D eigenvalue weighted by Gasteiger charge is 2.25. The maximum atomic E-state index is 12.5. The predicted octanol–water partition coefficient (Wildman–Crippen LogP) is 3.10. The summed E-state index contributed by atoms with van der Waals surface area (Å²) < 4.78 is 0. The molecule has 2 rings (SSSR count). The van der Waals surface area contributed by atoms with Crippen molar-refractivity contribution in [3.63, 3.8) is 0 Å². The molecular formula is C18H30N4O. The summed E-state index contributed by atoms with van der Waals surface area (Å²) in [7, 11) is 3.99. The van der Waals surface area contributed by atoms with Crippen LogP contribution in [0.5, 0.6) is 0 Å². The molecule has 0 saturated heterocycles. The fourth-order valence-corrected chi connectivity index (χ4v) is 3.14. The summed E-state index contributed by atoms with van der Waals surface area (Å²) in [5.74, 6) is 2.04. The molecule has 0 fully saturated rings. The van der Waals surface area contributed by atoms with E-state index in [1.54, 1.807) is 0 Å². The van der Waals surface area contributed by atoms with Gasteiger partial charge in [0.2, 0.25) is 5.91 Å². The topological polar surface area (TPSA) is 49.3 Å². The van der Waals surface area contributed by atoms with E-state index in [1.807, 2.05) is 30.8 Å². The van der Waals surface area contributed by atoms with Crippen molar-refractivity contribution in [2.75, 3.05) is 25.5 Å². The van der Waals surface area contributed by atoms with Gasteiger partial charge in [0, 0.05) is 39.0 Å². The number of carbonyl (C=O) groups excluding carboxylic acids is 1. The number of fused-ring (bicyclic) bond motifs is 1. The van der Waals surface area contributed by atoms with Crippen LogP contribution in [-0.4, -0.2) is 41.4 Å². The number of amides is 1. The maximum absolute atomic E-state index is 12.5. The van der Waals surface area contributed by atoms with Gasteiger partial charge in [0.1, 0.15) is 11.6 Å². The molecule has 0 saturated carbocycles. The molecule has 1 amide bonds. The van der Waals surface area contributed by atoms with Crippen LogP contribution in [0.4, 0.5) is 5.82 Å². The molecule has 0 spiro atoms. The van der Waals surface area contributed by atoms with Gasteiger partial charge in [0.15, 0.2) is 0 Å². The Kier molecular flexibility index (Phi) is 6.37. The van der Waals surface area contributed by atoms with Crippen LogP contribution in [0.25, 0.3) is 0 Å². The summed E-state index contributed by atoms with van der Waals surface area (Å²) in [5.41, 5.74) is 2.22. The van der Waals surface area contributed by atoms with Crippen molar-refractivity contribution in [2.45, 2.75) is 65.3 Å². The summed E-state index contributed by atoms with van der Waals surface area (Å²) >= 11 is 0. The minimum atomic E-state index is 0.275. The summed E-state index contributed by atoms with van der Waals surface area (Å²) in [6, 6.07) is 0. The number of hydrogen-bond donors (Lipinski definition) is 0. The number of hydrogen-bond acceptors (Lipinski definition) is 4. The quantitative estimate of drug-likeness (QED) is 0.725. The Balaban J connectivity index is 1.98. The van der Waals surface area contributed by atoms with Gasteiger partial charge >= 0.3 is 0 Å². The van der Waals surface area contributed by atoms with Crippen molar-refractivity contribution in [2.24, 2.45) is 0 Å². The first-order chi connectivity index (χ1) is 11.0. The van der Waals surface area contributed by atoms with Crippen molar-refractivity contribution >= 4 is 11.7 Å². The van der Waals surface area contributed by atoms with Gasteiger partial charge in [0.25, 0.3) is 0 Å². The first-order valence-electron chi connectivity index (χ1n) is 8.84. The highest BCUT2D eigenvalue weighted by Crippen LogP contribution is 2.26. The molecule has 1 aromatic rings. The average molecular weight is 318 g/mol. The highest BCUT2D eigenvalue weighted by atomic mass is 16.2. The molecule has 1 aliphatic heterocycles. The Morgan fingerprint density at radius 2 is 1.91 bits per heavy atom. The summed E-state index contributed by atoms with van der Waals surface area (Å²) in [4.78, 5) is 25.6. The Morgan fingerprint density at radius 3 is 2.61 bits per heavy atom. The molecule has 1 aliphatic rings. The standard InChI is InChI=1S/C18H30N4O/c1-5-6-7-8-9-10-17(23)22-12-11-16-15(13-22)18(21(3)4)20-14(2)19-16/h5-13H2,1-4H3. The monoisotopic (exact) mass is 318 g/mol. The molecule has 0 atom stereocenters. The van der Waals surface area contributed by atoms with Crippen LogP contribution >= 0.6 is 0 Å². The van der Waals surface area contributed by atoms with Crippen molar-refractivity contribution in [3.8, 4) is 0 Å². The summed E-state index contributed by atoms with van der Waals surface area (Å²) in [6.07, 6.45) is 7.43. The number of carbonyl (C=O) groups is 1. The van der Waals surface area contributed by atoms with E-state index in [4.69, 9.17) is 0 Å². The van der Waals surface area contributed by atoms with Crippen LogP contribution in [0.1, 0.15) is 62.5 Å². The Labute approximate surface area is 140 Å². The third-order valence-corrected chi connectivity index (χ3v) is 4.42. The van der Waals surface area contributed by atoms with Gasteiger partial charge in [-0.15, -0.1) is 0 Å². The fourth-order valence-electron chi connectivity index (χ4n) is 3.14. The van der Waals surface area contributed by atoms with Crippen LogP contribution in [0.3, 0.4) is 0 Å². The van der Waals surface area contributed by atoms with Gasteiger partial charge in [-0.25, -0.2) is 9.97 Å². The highest BCUT2D eigenvalue weighted by molar-refractivity contribution is 5.76. The molecule has 1 aromatic heterocycles. The van der Waals surface area contributed by atoms with Gasteiger partial charge in [-0.2, -0.15) is 0 Å². The number of unbranched alkanes of at least 4 members (excludes halogenated alkanes) is 4. The molecule has 0 unspecified atom stereocenters. The first-order valence-corrected chi connectivity index (χ1v) is 8.84. The minimum absolute atomic E-state index is 0.275. The lowest BCUT2D eigenvalue weighted by molar-refractivity contribution is -0.132. The summed E-state index contributed by atoms with van der Waals surface area (Å²) in [5, 5.41) is 0. The van der Waals surface area contributed by atoms with Gasteiger partial charge in [0.05, 0.1) is 12.2 Å². The van der Waals surface area contributed by atoms with Crippen LogP contribution in [0.15, 0.2) is 0 Å². The van der Waals surface area contributed by atoms with E-state index < -0.39 is 0 Å². The predicted molar refractivity (Wildman–Crippen MR) is 93.6 cm³/mol. The second kappa shape index (κ2) is 8.27. The average Bonchev–Trinajstić information content (AvgIpc) is 2.53. The molecule has 0 N–H and O–H groups in total. The zero-order valence-corrected chi connectivity index (χ0v) is 15.1. The minimum Gasteiger partial charge on any atom is -0.362 e. The molecule has 0 aromatic carbocycles. The van der Waals surface area contributed by atoms with Gasteiger partial charge in [-0.3, -0.25) is 4.79 Å². The first kappa shape index (κ1) is 17.7. The molecule has 5 heteroatoms. The largest absolute Gasteiger partial charge is 0.362 e. The Bertz CT molecular complexity index is 542. The number of aryl methyl sites for hydroxylation is 1. The molecule has 0 aliphatic carbocycles. The molecule has 0 radical (unpaired) electrons. The second-order valence-electron chi connectivity index (χ2n) is 6.64. The van der Waals surface area contributed by atoms with Gasteiger partial charge in [-0.1, -0.05) is 32.6 Å². The van der Waals surface area contributed by atoms with E-state index >= 15 is 0 Å². The third kappa shape index (κ3) is 4.66. The number of aromatic nitrogens is 2. The molecular weight excluding hydrogens is 288 g/mol. The van der Waals surface area contributed by atoms with Crippen LogP contribution in [-0.2, 0) is 17.8 Å².